The fourth-order valence-corrected chi connectivity index (χ4v) is 3.64. The van der Waals surface area contributed by atoms with Crippen molar-refractivity contribution >= 4 is 36.0 Å². The number of amides is 1. The summed E-state index contributed by atoms with van der Waals surface area (Å²) in [7, 11) is 0. The molecule has 2 N–H and O–H groups in total. The first-order valence-electron chi connectivity index (χ1n) is 11.9. The normalized spacial score (nSPS) is 18.8. The van der Waals surface area contributed by atoms with Crippen molar-refractivity contribution in [3.8, 4) is 0 Å². The van der Waals surface area contributed by atoms with Gasteiger partial charge in [0.05, 0.1) is 13.2 Å². The van der Waals surface area contributed by atoms with Crippen molar-refractivity contribution in [1.82, 2.24) is 25.3 Å². The molecule has 1 amide bonds. The van der Waals surface area contributed by atoms with E-state index in [1.54, 1.807) is 0 Å². The van der Waals surface area contributed by atoms with Crippen molar-refractivity contribution in [1.29, 1.82) is 0 Å². The van der Waals surface area contributed by atoms with E-state index in [0.717, 1.165) is 104 Å². The van der Waals surface area contributed by atoms with E-state index >= 15 is 0 Å². The molecule has 0 unspecified atom stereocenters. The minimum Gasteiger partial charge on any atom is -0.444 e. The Morgan fingerprint density at radius 3 is 2.22 bits per heavy atom. The van der Waals surface area contributed by atoms with E-state index in [9.17, 15) is 4.79 Å². The Hall–Kier alpha value is -0.850. The first-order valence-corrected chi connectivity index (χ1v) is 11.9. The van der Waals surface area contributed by atoms with E-state index in [-0.39, 0.29) is 30.1 Å². The third-order valence-corrected chi connectivity index (χ3v) is 5.32. The number of piperazine rings is 1. The molecule has 0 saturated carbocycles. The van der Waals surface area contributed by atoms with Crippen LogP contribution in [0.3, 0.4) is 0 Å². The Balaban J connectivity index is 0.00000512. The van der Waals surface area contributed by atoms with Gasteiger partial charge in [0.1, 0.15) is 5.60 Å². The Labute approximate surface area is 211 Å². The van der Waals surface area contributed by atoms with Crippen LogP contribution in [-0.2, 0) is 9.47 Å². The lowest BCUT2D eigenvalue weighted by Gasteiger charge is -2.35. The number of hydrogen-bond acceptors (Lipinski definition) is 6. The van der Waals surface area contributed by atoms with Crippen molar-refractivity contribution in [2.24, 2.45) is 4.99 Å². The summed E-state index contributed by atoms with van der Waals surface area (Å²) in [5.74, 6) is 0.902. The Morgan fingerprint density at radius 1 is 0.969 bits per heavy atom. The molecular formula is C22H45IN6O3. The number of aliphatic imine (C=N–C) groups is 1. The van der Waals surface area contributed by atoms with E-state index in [4.69, 9.17) is 14.5 Å². The Kier molecular flexibility index (Phi) is 14.5. The molecule has 10 heteroatoms. The smallest absolute Gasteiger partial charge is 0.410 e. The van der Waals surface area contributed by atoms with Crippen LogP contribution in [0.2, 0.25) is 0 Å². The number of guanidine groups is 1. The zero-order valence-electron chi connectivity index (χ0n) is 20.5. The second kappa shape index (κ2) is 15.9. The van der Waals surface area contributed by atoms with Crippen LogP contribution in [0.4, 0.5) is 4.79 Å². The monoisotopic (exact) mass is 568 g/mol. The van der Waals surface area contributed by atoms with Crippen LogP contribution >= 0.6 is 24.0 Å². The summed E-state index contributed by atoms with van der Waals surface area (Å²) < 4.78 is 10.9. The summed E-state index contributed by atoms with van der Waals surface area (Å²) in [6.07, 6.45) is 1.91. The summed E-state index contributed by atoms with van der Waals surface area (Å²) in [6, 6.07) is 0. The van der Waals surface area contributed by atoms with Crippen molar-refractivity contribution in [3.05, 3.63) is 0 Å². The molecule has 2 heterocycles. The quantitative estimate of drug-likeness (QED) is 0.190. The number of carbonyl (C=O) groups is 1. The average Bonchev–Trinajstić information content (AvgIpc) is 2.74. The van der Waals surface area contributed by atoms with Gasteiger partial charge in [-0.2, -0.15) is 0 Å². The van der Waals surface area contributed by atoms with Gasteiger partial charge in [-0.25, -0.2) is 4.79 Å². The molecule has 0 spiro atoms. The minimum atomic E-state index is -0.436. The number of carbonyl (C=O) groups excluding carboxylic acids is 1. The predicted molar refractivity (Wildman–Crippen MR) is 140 cm³/mol. The highest BCUT2D eigenvalue weighted by molar-refractivity contribution is 14.0. The zero-order valence-corrected chi connectivity index (χ0v) is 22.9. The lowest BCUT2D eigenvalue weighted by molar-refractivity contribution is 0.0145. The molecule has 0 radical (unpaired) electrons. The van der Waals surface area contributed by atoms with Gasteiger partial charge in [0, 0.05) is 65.4 Å². The fourth-order valence-electron chi connectivity index (χ4n) is 3.64. The molecule has 2 aliphatic rings. The van der Waals surface area contributed by atoms with Crippen LogP contribution in [-0.4, -0.2) is 118 Å². The molecule has 9 nitrogen and oxygen atoms in total. The highest BCUT2D eigenvalue weighted by Gasteiger charge is 2.25. The maximum Gasteiger partial charge on any atom is 0.410 e. The molecule has 0 aromatic rings. The maximum atomic E-state index is 12.2. The van der Waals surface area contributed by atoms with Crippen molar-refractivity contribution in [2.75, 3.05) is 85.2 Å². The average molecular weight is 569 g/mol. The SMILES string of the molecule is CCNC(=NCCCN1CCOCC1)NCCCN1CCN(C(=O)OC(C)(C)C)CC1.I. The second-order valence-corrected chi connectivity index (χ2v) is 9.16. The first kappa shape index (κ1) is 29.2. The van der Waals surface area contributed by atoms with Gasteiger partial charge in [-0.1, -0.05) is 0 Å². The van der Waals surface area contributed by atoms with Crippen LogP contribution in [0, 0.1) is 0 Å². The highest BCUT2D eigenvalue weighted by atomic mass is 127. The Morgan fingerprint density at radius 2 is 1.59 bits per heavy atom. The lowest BCUT2D eigenvalue weighted by Crippen LogP contribution is -2.50. The summed E-state index contributed by atoms with van der Waals surface area (Å²) in [5.41, 5.74) is -0.436. The van der Waals surface area contributed by atoms with Crippen LogP contribution < -0.4 is 10.6 Å². The summed E-state index contributed by atoms with van der Waals surface area (Å²) in [6.45, 7) is 19.5. The van der Waals surface area contributed by atoms with E-state index in [1.807, 2.05) is 25.7 Å². The van der Waals surface area contributed by atoms with Gasteiger partial charge in [-0.3, -0.25) is 14.8 Å². The summed E-state index contributed by atoms with van der Waals surface area (Å²) in [4.78, 5) is 23.5. The van der Waals surface area contributed by atoms with Gasteiger partial charge >= 0.3 is 6.09 Å². The number of halogens is 1. The molecule has 188 valence electrons. The topological polar surface area (TPSA) is 81.7 Å². The molecule has 2 rings (SSSR count). The van der Waals surface area contributed by atoms with Crippen LogP contribution in [0.25, 0.3) is 0 Å². The molecule has 0 atom stereocenters. The standard InChI is InChI=1S/C22H44N6O3.HI/c1-5-23-20(25-9-7-11-27-16-18-30-19-17-27)24-8-6-10-26-12-14-28(15-13-26)21(29)31-22(2,3)4;/h5-19H2,1-4H3,(H2,23,24,25);1H. The molecule has 32 heavy (non-hydrogen) atoms. The highest BCUT2D eigenvalue weighted by Crippen LogP contribution is 2.12. The van der Waals surface area contributed by atoms with E-state index in [2.05, 4.69) is 27.4 Å². The Bertz CT molecular complexity index is 544. The predicted octanol–water partition coefficient (Wildman–Crippen LogP) is 1.82. The molecule has 2 fully saturated rings. The van der Waals surface area contributed by atoms with Crippen LogP contribution in [0.5, 0.6) is 0 Å². The number of hydrogen-bond donors (Lipinski definition) is 2. The first-order chi connectivity index (χ1) is 14.9. The van der Waals surface area contributed by atoms with Crippen molar-refractivity contribution < 1.29 is 14.3 Å². The summed E-state index contributed by atoms with van der Waals surface area (Å²) in [5, 5.41) is 6.78. The third-order valence-electron chi connectivity index (χ3n) is 5.32. The van der Waals surface area contributed by atoms with Gasteiger partial charge in [0.25, 0.3) is 0 Å². The lowest BCUT2D eigenvalue weighted by atomic mass is 10.2. The van der Waals surface area contributed by atoms with Crippen molar-refractivity contribution in [3.63, 3.8) is 0 Å². The minimum absolute atomic E-state index is 0. The second-order valence-electron chi connectivity index (χ2n) is 9.16. The van der Waals surface area contributed by atoms with E-state index in [1.165, 1.54) is 0 Å². The van der Waals surface area contributed by atoms with Crippen LogP contribution in [0.1, 0.15) is 40.5 Å². The van der Waals surface area contributed by atoms with Gasteiger partial charge in [-0.05, 0) is 47.1 Å². The fraction of sp³-hybridized carbons (Fsp3) is 0.909. The molecule has 2 saturated heterocycles. The van der Waals surface area contributed by atoms with Crippen LogP contribution in [0.15, 0.2) is 4.99 Å². The van der Waals surface area contributed by atoms with E-state index < -0.39 is 5.60 Å². The maximum absolute atomic E-state index is 12.2. The molecule has 0 aliphatic carbocycles. The van der Waals surface area contributed by atoms with Gasteiger partial charge in [0.15, 0.2) is 5.96 Å². The molecular weight excluding hydrogens is 523 g/mol. The largest absolute Gasteiger partial charge is 0.444 e. The molecule has 2 aliphatic heterocycles. The number of ether oxygens (including phenoxy) is 2. The molecule has 0 bridgehead atoms. The van der Waals surface area contributed by atoms with Gasteiger partial charge < -0.3 is 25.0 Å². The van der Waals surface area contributed by atoms with E-state index in [0.29, 0.717) is 0 Å². The third kappa shape index (κ3) is 12.4. The molecule has 0 aromatic carbocycles. The number of rotatable bonds is 9. The van der Waals surface area contributed by atoms with Gasteiger partial charge in [-0.15, -0.1) is 24.0 Å². The van der Waals surface area contributed by atoms with Crippen molar-refractivity contribution in [2.45, 2.75) is 46.1 Å². The zero-order chi connectivity index (χ0) is 22.5. The number of nitrogens with one attached hydrogen (secondary N) is 2. The molecule has 0 aromatic heterocycles. The number of morpholine rings is 1. The summed E-state index contributed by atoms with van der Waals surface area (Å²) >= 11 is 0. The van der Waals surface area contributed by atoms with Gasteiger partial charge in [0.2, 0.25) is 0 Å². The number of nitrogens with zero attached hydrogens (tertiary/aromatic N) is 4.